The third-order valence-corrected chi connectivity index (χ3v) is 4.64. The summed E-state index contributed by atoms with van der Waals surface area (Å²) in [6.45, 7) is 2.62. The van der Waals surface area contributed by atoms with E-state index in [1.807, 2.05) is 0 Å². The second-order valence-corrected chi connectivity index (χ2v) is 7.24. The van der Waals surface area contributed by atoms with Crippen molar-refractivity contribution in [2.24, 2.45) is 0 Å². The maximum atomic E-state index is 12.1. The van der Waals surface area contributed by atoms with Crippen LogP contribution < -0.4 is 4.74 Å². The van der Waals surface area contributed by atoms with Gasteiger partial charge in [-0.3, -0.25) is 0 Å². The summed E-state index contributed by atoms with van der Waals surface area (Å²) in [4.78, 5) is 24.2. The minimum absolute atomic E-state index is 0.364. The van der Waals surface area contributed by atoms with Crippen LogP contribution in [0.5, 0.6) is 5.75 Å². The number of carbonyl (C=O) groups excluding carboxylic acids is 2. The molecule has 144 valence electrons. The highest BCUT2D eigenvalue weighted by Crippen LogP contribution is 2.18. The number of ether oxygens (including phenoxy) is 2. The van der Waals surface area contributed by atoms with Crippen LogP contribution in [-0.2, 0) is 4.74 Å². The van der Waals surface area contributed by atoms with Gasteiger partial charge in [0.05, 0.1) is 17.7 Å². The Morgan fingerprint density at radius 1 is 0.778 bits per heavy atom. The molecule has 0 aliphatic rings. The molecular weight excluding hydrogens is 408 g/mol. The molecule has 0 bridgehead atoms. The molecule has 0 aromatic heterocycles. The minimum atomic E-state index is -0.468. The molecule has 0 spiro atoms. The van der Waals surface area contributed by atoms with Crippen LogP contribution in [0.25, 0.3) is 0 Å². The van der Waals surface area contributed by atoms with Gasteiger partial charge in [-0.2, -0.15) is 0 Å². The first kappa shape index (κ1) is 21.2. The Balaban J connectivity index is 1.77. The van der Waals surface area contributed by atoms with Crippen LogP contribution in [0.15, 0.2) is 53.0 Å². The number of hydrogen-bond donors (Lipinski definition) is 0. The number of unbranched alkanes of at least 4 members (excludes halogenated alkanes) is 5. The maximum absolute atomic E-state index is 12.1. The van der Waals surface area contributed by atoms with E-state index in [0.717, 1.165) is 17.3 Å². The number of halogens is 1. The Hall–Kier alpha value is -2.14. The number of hydrogen-bond acceptors (Lipinski definition) is 4. The first-order valence-electron chi connectivity index (χ1n) is 9.35. The Bertz CT molecular complexity index is 723. The van der Waals surface area contributed by atoms with Gasteiger partial charge in [-0.05, 0) is 55.0 Å². The van der Waals surface area contributed by atoms with Gasteiger partial charge in [-0.15, -0.1) is 0 Å². The molecule has 27 heavy (non-hydrogen) atoms. The molecule has 0 amide bonds. The maximum Gasteiger partial charge on any atom is 0.343 e. The molecule has 2 aromatic rings. The first-order valence-corrected chi connectivity index (χ1v) is 10.1. The highest BCUT2D eigenvalue weighted by Gasteiger charge is 2.11. The predicted molar refractivity (Wildman–Crippen MR) is 109 cm³/mol. The zero-order valence-electron chi connectivity index (χ0n) is 15.6. The van der Waals surface area contributed by atoms with Gasteiger partial charge in [0.25, 0.3) is 0 Å². The summed E-state index contributed by atoms with van der Waals surface area (Å²) in [5, 5.41) is 0. The number of carbonyl (C=O) groups is 2. The van der Waals surface area contributed by atoms with E-state index < -0.39 is 5.97 Å². The lowest BCUT2D eigenvalue weighted by Gasteiger charge is -2.07. The summed E-state index contributed by atoms with van der Waals surface area (Å²) in [5.41, 5.74) is 0.812. The van der Waals surface area contributed by atoms with Crippen LogP contribution in [-0.4, -0.2) is 18.5 Å². The molecule has 0 saturated heterocycles. The molecule has 0 atom stereocenters. The number of rotatable bonds is 10. The van der Waals surface area contributed by atoms with Gasteiger partial charge in [-0.25, -0.2) is 9.59 Å². The predicted octanol–water partition coefficient (Wildman–Crippen LogP) is 6.19. The quantitative estimate of drug-likeness (QED) is 0.255. The average Bonchev–Trinajstić information content (AvgIpc) is 2.69. The third-order valence-electron chi connectivity index (χ3n) is 4.11. The van der Waals surface area contributed by atoms with Crippen molar-refractivity contribution in [2.45, 2.75) is 45.4 Å². The zero-order valence-corrected chi connectivity index (χ0v) is 17.2. The van der Waals surface area contributed by atoms with E-state index in [2.05, 4.69) is 22.9 Å². The fourth-order valence-electron chi connectivity index (χ4n) is 2.54. The van der Waals surface area contributed by atoms with Crippen molar-refractivity contribution in [3.05, 3.63) is 64.1 Å². The SMILES string of the molecule is CCCCCCCCOC(=O)c1ccc(C(=O)Oc2ccc(Br)cc2)cc1. The Morgan fingerprint density at radius 3 is 1.96 bits per heavy atom. The van der Waals surface area contributed by atoms with Crippen molar-refractivity contribution in [2.75, 3.05) is 6.61 Å². The zero-order chi connectivity index (χ0) is 19.5. The van der Waals surface area contributed by atoms with Crippen LogP contribution in [0.4, 0.5) is 0 Å². The Kier molecular flexibility index (Phi) is 9.05. The van der Waals surface area contributed by atoms with Crippen molar-refractivity contribution in [1.29, 1.82) is 0 Å². The molecule has 2 rings (SSSR count). The molecule has 0 fully saturated rings. The normalized spacial score (nSPS) is 10.4. The first-order chi connectivity index (χ1) is 13.1. The molecule has 5 heteroatoms. The van der Waals surface area contributed by atoms with Crippen molar-refractivity contribution in [3.8, 4) is 5.75 Å². The number of esters is 2. The summed E-state index contributed by atoms with van der Waals surface area (Å²) in [7, 11) is 0. The van der Waals surface area contributed by atoms with E-state index in [-0.39, 0.29) is 5.97 Å². The van der Waals surface area contributed by atoms with Gasteiger partial charge < -0.3 is 9.47 Å². The van der Waals surface area contributed by atoms with E-state index in [0.29, 0.717) is 23.5 Å². The summed E-state index contributed by atoms with van der Waals surface area (Å²) in [5.74, 6) is -0.369. The van der Waals surface area contributed by atoms with Crippen molar-refractivity contribution in [1.82, 2.24) is 0 Å². The van der Waals surface area contributed by atoms with Crippen molar-refractivity contribution >= 4 is 27.9 Å². The molecule has 4 nitrogen and oxygen atoms in total. The minimum Gasteiger partial charge on any atom is -0.462 e. The highest BCUT2D eigenvalue weighted by atomic mass is 79.9. The molecule has 0 radical (unpaired) electrons. The van der Waals surface area contributed by atoms with Crippen LogP contribution in [0.2, 0.25) is 0 Å². The van der Waals surface area contributed by atoms with E-state index in [9.17, 15) is 9.59 Å². The topological polar surface area (TPSA) is 52.6 Å². The van der Waals surface area contributed by atoms with Crippen LogP contribution in [0.1, 0.15) is 66.2 Å². The summed E-state index contributed by atoms with van der Waals surface area (Å²) in [6.07, 6.45) is 6.86. The van der Waals surface area contributed by atoms with Gasteiger partial charge in [0, 0.05) is 4.47 Å². The monoisotopic (exact) mass is 432 g/mol. The standard InChI is InChI=1S/C22H25BrO4/c1-2-3-4-5-6-7-16-26-21(24)17-8-10-18(11-9-17)22(25)27-20-14-12-19(23)13-15-20/h8-15H,2-7,16H2,1H3. The average molecular weight is 433 g/mol. The fraction of sp³-hybridized carbons (Fsp3) is 0.364. The third kappa shape index (κ3) is 7.55. The summed E-state index contributed by atoms with van der Waals surface area (Å²) >= 11 is 3.33. The second kappa shape index (κ2) is 11.5. The van der Waals surface area contributed by atoms with E-state index in [4.69, 9.17) is 9.47 Å². The van der Waals surface area contributed by atoms with Gasteiger partial charge in [-0.1, -0.05) is 55.0 Å². The van der Waals surface area contributed by atoms with E-state index >= 15 is 0 Å². The van der Waals surface area contributed by atoms with Crippen molar-refractivity contribution < 1.29 is 19.1 Å². The van der Waals surface area contributed by atoms with Crippen molar-refractivity contribution in [3.63, 3.8) is 0 Å². The second-order valence-electron chi connectivity index (χ2n) is 6.32. The largest absolute Gasteiger partial charge is 0.462 e. The lowest BCUT2D eigenvalue weighted by Crippen LogP contribution is -2.10. The highest BCUT2D eigenvalue weighted by molar-refractivity contribution is 9.10. The lowest BCUT2D eigenvalue weighted by atomic mass is 10.1. The van der Waals surface area contributed by atoms with E-state index in [1.54, 1.807) is 48.5 Å². The van der Waals surface area contributed by atoms with Crippen LogP contribution in [0.3, 0.4) is 0 Å². The van der Waals surface area contributed by atoms with Gasteiger partial charge in [0.2, 0.25) is 0 Å². The van der Waals surface area contributed by atoms with Gasteiger partial charge in [0.15, 0.2) is 0 Å². The Labute approximate surface area is 169 Å². The van der Waals surface area contributed by atoms with Gasteiger partial charge >= 0.3 is 11.9 Å². The van der Waals surface area contributed by atoms with E-state index in [1.165, 1.54) is 25.7 Å². The van der Waals surface area contributed by atoms with Crippen LogP contribution in [0, 0.1) is 0 Å². The van der Waals surface area contributed by atoms with Crippen LogP contribution >= 0.6 is 15.9 Å². The molecule has 0 unspecified atom stereocenters. The molecule has 0 saturated carbocycles. The molecular formula is C22H25BrO4. The smallest absolute Gasteiger partial charge is 0.343 e. The summed E-state index contributed by atoms with van der Waals surface area (Å²) < 4.78 is 11.5. The molecule has 0 aliphatic carbocycles. The van der Waals surface area contributed by atoms with Gasteiger partial charge in [0.1, 0.15) is 5.75 Å². The molecule has 2 aromatic carbocycles. The molecule has 0 heterocycles. The number of benzene rings is 2. The Morgan fingerprint density at radius 2 is 1.33 bits per heavy atom. The fourth-order valence-corrected chi connectivity index (χ4v) is 2.81. The summed E-state index contributed by atoms with van der Waals surface area (Å²) in [6, 6.07) is 13.3. The molecule has 0 aliphatic heterocycles. The molecule has 0 N–H and O–H groups in total. The lowest BCUT2D eigenvalue weighted by molar-refractivity contribution is 0.0497.